The predicted octanol–water partition coefficient (Wildman–Crippen LogP) is 2.61. The van der Waals surface area contributed by atoms with Gasteiger partial charge in [-0.1, -0.05) is 12.1 Å². The first-order valence-electron chi connectivity index (χ1n) is 7.42. The third-order valence-electron chi connectivity index (χ3n) is 4.02. The molecule has 0 saturated carbocycles. The number of anilines is 3. The van der Waals surface area contributed by atoms with Gasteiger partial charge in [0, 0.05) is 31.9 Å². The van der Waals surface area contributed by atoms with E-state index in [1.807, 2.05) is 6.07 Å². The number of nitrogen functional groups attached to an aromatic ring is 1. The molecule has 1 aliphatic rings. The maximum atomic E-state index is 5.78. The number of hydrogen-bond donors (Lipinski definition) is 1. The average Bonchev–Trinajstić information content (AvgIpc) is 2.47. The highest BCUT2D eigenvalue weighted by atomic mass is 15.3. The molecule has 1 saturated heterocycles. The fraction of sp³-hybridized carbons (Fsp3) is 0.353. The zero-order valence-electron chi connectivity index (χ0n) is 12.7. The van der Waals surface area contributed by atoms with Crippen LogP contribution in [0.5, 0.6) is 0 Å². The van der Waals surface area contributed by atoms with Gasteiger partial charge < -0.3 is 15.5 Å². The molecule has 0 unspecified atom stereocenters. The van der Waals surface area contributed by atoms with Gasteiger partial charge in [0.2, 0.25) is 0 Å². The van der Waals surface area contributed by atoms with Crippen LogP contribution in [-0.2, 0) is 0 Å². The van der Waals surface area contributed by atoms with Crippen LogP contribution in [0.1, 0.15) is 11.1 Å². The Balaban J connectivity index is 1.70. The van der Waals surface area contributed by atoms with E-state index < -0.39 is 0 Å². The molecule has 0 aliphatic carbocycles. The summed E-state index contributed by atoms with van der Waals surface area (Å²) in [6, 6.07) is 10.7. The quantitative estimate of drug-likeness (QED) is 0.919. The van der Waals surface area contributed by atoms with Crippen molar-refractivity contribution in [3.8, 4) is 0 Å². The first-order chi connectivity index (χ1) is 10.1. The van der Waals surface area contributed by atoms with Crippen molar-refractivity contribution >= 4 is 17.2 Å². The molecule has 4 heteroatoms. The van der Waals surface area contributed by atoms with Gasteiger partial charge in [0.15, 0.2) is 0 Å². The molecule has 2 aromatic rings. The number of nitrogens with zero attached hydrogens (tertiary/aromatic N) is 3. The molecule has 0 atom stereocenters. The lowest BCUT2D eigenvalue weighted by Gasteiger charge is -2.37. The Bertz CT molecular complexity index is 630. The van der Waals surface area contributed by atoms with Crippen molar-refractivity contribution in [1.29, 1.82) is 0 Å². The van der Waals surface area contributed by atoms with Gasteiger partial charge in [-0.2, -0.15) is 0 Å². The molecule has 0 radical (unpaired) electrons. The Hall–Kier alpha value is -2.23. The van der Waals surface area contributed by atoms with Crippen molar-refractivity contribution in [3.63, 3.8) is 0 Å². The monoisotopic (exact) mass is 282 g/mol. The first-order valence-corrected chi connectivity index (χ1v) is 7.42. The molecule has 1 fully saturated rings. The van der Waals surface area contributed by atoms with Crippen molar-refractivity contribution < 1.29 is 0 Å². The molecule has 2 N–H and O–H groups in total. The fourth-order valence-electron chi connectivity index (χ4n) is 2.92. The molecule has 0 amide bonds. The zero-order chi connectivity index (χ0) is 14.8. The van der Waals surface area contributed by atoms with Crippen LogP contribution < -0.4 is 15.5 Å². The van der Waals surface area contributed by atoms with Gasteiger partial charge in [0.05, 0.1) is 11.9 Å². The smallest absolute Gasteiger partial charge is 0.131 e. The van der Waals surface area contributed by atoms with Gasteiger partial charge in [-0.05, 0) is 43.2 Å². The van der Waals surface area contributed by atoms with Crippen LogP contribution in [0.4, 0.5) is 17.2 Å². The number of hydrogen-bond acceptors (Lipinski definition) is 4. The number of piperazine rings is 1. The number of aromatic nitrogens is 1. The highest BCUT2D eigenvalue weighted by molar-refractivity contribution is 5.55. The average molecular weight is 282 g/mol. The van der Waals surface area contributed by atoms with Gasteiger partial charge in [-0.25, -0.2) is 4.98 Å². The number of pyridine rings is 1. The standard InChI is InChI=1S/C17H22N4/c1-13-4-3-5-16(10-13)20-6-8-21(9-7-20)17-14(2)11-15(18)12-19-17/h3-5,10-12H,6-9,18H2,1-2H3. The minimum Gasteiger partial charge on any atom is -0.397 e. The summed E-state index contributed by atoms with van der Waals surface area (Å²) in [4.78, 5) is 9.28. The van der Waals surface area contributed by atoms with Crippen LogP contribution in [-0.4, -0.2) is 31.2 Å². The zero-order valence-corrected chi connectivity index (χ0v) is 12.7. The molecular weight excluding hydrogens is 260 g/mol. The maximum absolute atomic E-state index is 5.78. The molecule has 4 nitrogen and oxygen atoms in total. The summed E-state index contributed by atoms with van der Waals surface area (Å²) in [5, 5.41) is 0. The molecular formula is C17H22N4. The number of rotatable bonds is 2. The van der Waals surface area contributed by atoms with Crippen LogP contribution >= 0.6 is 0 Å². The van der Waals surface area contributed by atoms with Crippen LogP contribution in [0.25, 0.3) is 0 Å². The Morgan fingerprint density at radius 3 is 2.38 bits per heavy atom. The number of aryl methyl sites for hydroxylation is 2. The van der Waals surface area contributed by atoms with E-state index in [-0.39, 0.29) is 0 Å². The first kappa shape index (κ1) is 13.7. The SMILES string of the molecule is Cc1cccc(N2CCN(c3ncc(N)cc3C)CC2)c1. The van der Waals surface area contributed by atoms with Crippen LogP contribution in [0.15, 0.2) is 36.5 Å². The van der Waals surface area contributed by atoms with Crippen molar-refractivity contribution in [2.45, 2.75) is 13.8 Å². The molecule has 2 heterocycles. The van der Waals surface area contributed by atoms with Gasteiger partial charge in [0.1, 0.15) is 5.82 Å². The second kappa shape index (κ2) is 5.64. The molecule has 110 valence electrons. The summed E-state index contributed by atoms with van der Waals surface area (Å²) >= 11 is 0. The summed E-state index contributed by atoms with van der Waals surface area (Å²) in [5.41, 5.74) is 10.3. The normalized spacial score (nSPS) is 15.3. The van der Waals surface area contributed by atoms with E-state index in [0.29, 0.717) is 0 Å². The molecule has 0 bridgehead atoms. The van der Waals surface area contributed by atoms with Gasteiger partial charge in [0.25, 0.3) is 0 Å². The highest BCUT2D eigenvalue weighted by Gasteiger charge is 2.19. The minimum atomic E-state index is 0.731. The minimum absolute atomic E-state index is 0.731. The van der Waals surface area contributed by atoms with Crippen LogP contribution in [0.3, 0.4) is 0 Å². The Labute approximate surface area is 126 Å². The Morgan fingerprint density at radius 2 is 1.71 bits per heavy atom. The molecule has 1 aromatic carbocycles. The second-order valence-corrected chi connectivity index (χ2v) is 5.72. The van der Waals surface area contributed by atoms with Crippen molar-refractivity contribution in [3.05, 3.63) is 47.7 Å². The van der Waals surface area contributed by atoms with Gasteiger partial charge in [-0.15, -0.1) is 0 Å². The van der Waals surface area contributed by atoms with Crippen LogP contribution in [0, 0.1) is 13.8 Å². The van der Waals surface area contributed by atoms with Crippen molar-refractivity contribution in [2.75, 3.05) is 41.7 Å². The highest BCUT2D eigenvalue weighted by Crippen LogP contribution is 2.23. The van der Waals surface area contributed by atoms with Crippen molar-refractivity contribution in [2.24, 2.45) is 0 Å². The van der Waals surface area contributed by atoms with Gasteiger partial charge >= 0.3 is 0 Å². The number of nitrogens with two attached hydrogens (primary N) is 1. The second-order valence-electron chi connectivity index (χ2n) is 5.72. The molecule has 21 heavy (non-hydrogen) atoms. The Morgan fingerprint density at radius 1 is 1.00 bits per heavy atom. The summed E-state index contributed by atoms with van der Waals surface area (Å²) in [6.07, 6.45) is 1.75. The lowest BCUT2D eigenvalue weighted by Crippen LogP contribution is -2.47. The molecule has 1 aromatic heterocycles. The maximum Gasteiger partial charge on any atom is 0.131 e. The lowest BCUT2D eigenvalue weighted by molar-refractivity contribution is 0.646. The third-order valence-corrected chi connectivity index (χ3v) is 4.02. The summed E-state index contributed by atoms with van der Waals surface area (Å²) in [7, 11) is 0. The Kier molecular flexibility index (Phi) is 3.69. The van der Waals surface area contributed by atoms with E-state index in [4.69, 9.17) is 5.73 Å². The van der Waals surface area contributed by atoms with Gasteiger partial charge in [-0.3, -0.25) is 0 Å². The molecule has 3 rings (SSSR count). The van der Waals surface area contributed by atoms with Crippen LogP contribution in [0.2, 0.25) is 0 Å². The van der Waals surface area contributed by atoms with Crippen molar-refractivity contribution in [1.82, 2.24) is 4.98 Å². The van der Waals surface area contributed by atoms with E-state index in [0.717, 1.165) is 43.2 Å². The number of benzene rings is 1. The molecule has 0 spiro atoms. The van der Waals surface area contributed by atoms with E-state index in [1.54, 1.807) is 6.20 Å². The summed E-state index contributed by atoms with van der Waals surface area (Å²) in [5.74, 6) is 1.06. The largest absolute Gasteiger partial charge is 0.397 e. The van der Waals surface area contributed by atoms with E-state index in [9.17, 15) is 0 Å². The predicted molar refractivity (Wildman–Crippen MR) is 89.0 cm³/mol. The molecule has 1 aliphatic heterocycles. The van der Waals surface area contributed by atoms with E-state index in [1.165, 1.54) is 11.3 Å². The fourth-order valence-corrected chi connectivity index (χ4v) is 2.92. The summed E-state index contributed by atoms with van der Waals surface area (Å²) in [6.45, 7) is 8.24. The third kappa shape index (κ3) is 2.94. The van der Waals surface area contributed by atoms with E-state index >= 15 is 0 Å². The topological polar surface area (TPSA) is 45.4 Å². The lowest BCUT2D eigenvalue weighted by atomic mass is 10.2. The summed E-state index contributed by atoms with van der Waals surface area (Å²) < 4.78 is 0. The van der Waals surface area contributed by atoms with E-state index in [2.05, 4.69) is 52.9 Å².